The molecule has 0 radical (unpaired) electrons. The Morgan fingerprint density at radius 3 is 1.14 bits per heavy atom. The second-order valence-electron chi connectivity index (χ2n) is 40.1. The van der Waals surface area contributed by atoms with Crippen LogP contribution >= 0.6 is 0 Å². The predicted octanol–water partition coefficient (Wildman–Crippen LogP) is 18.4. The quantitative estimate of drug-likeness (QED) is 0.0557. The maximum Gasteiger partial charge on any atom is 0.317 e. The van der Waals surface area contributed by atoms with E-state index in [9.17, 15) is 37.4 Å². The van der Waals surface area contributed by atoms with Gasteiger partial charge < -0.3 is 49.8 Å². The predicted molar refractivity (Wildman–Crippen MR) is 542 cm³/mol. The molecule has 12 atom stereocenters. The fourth-order valence-corrected chi connectivity index (χ4v) is 25.7. The molecule has 20 nitrogen and oxygen atoms in total. The molecule has 8 saturated heterocycles. The van der Waals surface area contributed by atoms with E-state index in [4.69, 9.17) is 14.2 Å². The van der Waals surface area contributed by atoms with Crippen molar-refractivity contribution in [3.63, 3.8) is 0 Å². The number of nitrogens with one attached hydrogen (secondary N) is 2. The van der Waals surface area contributed by atoms with Crippen LogP contribution < -0.4 is 15.4 Å². The zero-order chi connectivity index (χ0) is 95.1. The number of aliphatic hydroxyl groups is 2. The molecule has 5 amide bonds. The van der Waals surface area contributed by atoms with E-state index in [2.05, 4.69) is 230 Å². The van der Waals surface area contributed by atoms with Crippen LogP contribution in [0.25, 0.3) is 33.4 Å². The molecular formula is C115H143FN10O10S. The number of hydrogen-bond acceptors (Lipinski definition) is 14. The number of halogens is 1. The summed E-state index contributed by atoms with van der Waals surface area (Å²) in [6.07, 6.45) is 20.8. The Morgan fingerprint density at radius 2 is 0.745 bits per heavy atom. The molecule has 8 aliphatic heterocycles. The van der Waals surface area contributed by atoms with Crippen LogP contribution in [0.2, 0.25) is 0 Å². The molecule has 3 saturated carbocycles. The minimum atomic E-state index is -3.74. The highest BCUT2D eigenvalue weighted by molar-refractivity contribution is 7.89. The van der Waals surface area contributed by atoms with E-state index in [1.54, 1.807) is 25.6 Å². The Kier molecular flexibility index (Phi) is 33.3. The van der Waals surface area contributed by atoms with Gasteiger partial charge in [-0.1, -0.05) is 214 Å². The summed E-state index contributed by atoms with van der Waals surface area (Å²) < 4.78 is 58.5. The Labute approximate surface area is 813 Å². The Morgan fingerprint density at radius 1 is 0.387 bits per heavy atom. The van der Waals surface area contributed by atoms with Gasteiger partial charge in [0, 0.05) is 162 Å². The van der Waals surface area contributed by atoms with Crippen LogP contribution in [0.5, 0.6) is 5.75 Å². The number of carbonyl (C=O) groups is 3. The van der Waals surface area contributed by atoms with Gasteiger partial charge in [0.15, 0.2) is 0 Å². The number of urea groups is 2. The molecule has 726 valence electrons. The van der Waals surface area contributed by atoms with Gasteiger partial charge in [-0.15, -0.1) is 0 Å². The van der Waals surface area contributed by atoms with Crippen LogP contribution in [0.1, 0.15) is 196 Å². The normalized spacial score (nSPS) is 25.1. The van der Waals surface area contributed by atoms with Crippen molar-refractivity contribution >= 4 is 28.0 Å². The minimum Gasteiger partial charge on any atom is -0.495 e. The summed E-state index contributed by atoms with van der Waals surface area (Å²) in [6.45, 7) is 17.8. The first-order chi connectivity index (χ1) is 66.9. The summed E-state index contributed by atoms with van der Waals surface area (Å²) in [5.74, 6) is 8.53. The zero-order valence-electron chi connectivity index (χ0n) is 81.2. The Hall–Kier alpha value is -10.1. The first kappa shape index (κ1) is 98.5. The molecule has 11 aliphatic rings. The minimum absolute atomic E-state index is 0.0213. The lowest BCUT2D eigenvalue weighted by atomic mass is 9.74. The summed E-state index contributed by atoms with van der Waals surface area (Å²) in [6, 6.07) is 76.0. The molecule has 0 spiro atoms. The summed E-state index contributed by atoms with van der Waals surface area (Å²) in [5.41, 5.74) is 18.1. The van der Waals surface area contributed by atoms with Gasteiger partial charge in [0.1, 0.15) is 11.6 Å². The van der Waals surface area contributed by atoms with Crippen molar-refractivity contribution in [3.05, 3.63) is 274 Å². The van der Waals surface area contributed by atoms with Gasteiger partial charge in [-0.05, 0) is 258 Å². The molecule has 0 bridgehead atoms. The van der Waals surface area contributed by atoms with Crippen molar-refractivity contribution in [2.24, 2.45) is 5.92 Å². The summed E-state index contributed by atoms with van der Waals surface area (Å²) in [4.78, 5) is 55.6. The molecule has 4 N–H and O–H groups in total. The summed E-state index contributed by atoms with van der Waals surface area (Å²) >= 11 is 0. The highest BCUT2D eigenvalue weighted by Crippen LogP contribution is 2.49. The molecule has 0 unspecified atom stereocenters. The molecule has 11 fully saturated rings. The van der Waals surface area contributed by atoms with Crippen LogP contribution in [0.4, 0.5) is 14.0 Å². The number of ether oxygens (including phenoxy) is 3. The van der Waals surface area contributed by atoms with Gasteiger partial charge in [-0.25, -0.2) is 22.4 Å². The smallest absolute Gasteiger partial charge is 0.317 e. The molecule has 137 heavy (non-hydrogen) atoms. The number of fused-ring (bicyclic) bond motifs is 4. The van der Waals surface area contributed by atoms with Crippen LogP contribution in [0, 0.1) is 44.3 Å². The summed E-state index contributed by atoms with van der Waals surface area (Å²) in [7, 11) is 1.52. The number of carbonyl (C=O) groups excluding carboxylic acids is 3. The number of amides is 5. The van der Waals surface area contributed by atoms with Crippen molar-refractivity contribution in [3.8, 4) is 51.0 Å². The van der Waals surface area contributed by atoms with Crippen LogP contribution in [-0.2, 0) is 24.3 Å². The van der Waals surface area contributed by atoms with Crippen molar-refractivity contribution in [2.45, 2.75) is 232 Å². The molecule has 8 heterocycles. The number of sulfonamides is 1. The van der Waals surface area contributed by atoms with E-state index in [1.165, 1.54) is 118 Å². The highest BCUT2D eigenvalue weighted by Gasteiger charge is 2.55. The number of para-hydroxylation sites is 1. The van der Waals surface area contributed by atoms with Crippen molar-refractivity contribution < 1.29 is 51.6 Å². The number of benzene rings is 9. The number of aryl methyl sites for hydroxylation is 3. The van der Waals surface area contributed by atoms with Gasteiger partial charge in [-0.3, -0.25) is 24.4 Å². The largest absolute Gasteiger partial charge is 0.495 e. The standard InChI is InChI=1S/C30H36N2O3.C29H39N3O2.C28H31FN2O3S.C28H37N3O2/c1-34-21-27-29(26-20-31(18-5-6-19-32(26)27)30(33)25-9-7-10-25)24-16-13-22(14-17-24)12-15-23-8-3-4-11-28(23)35-2;1-21-9-3-6-12-25(21)22-13-15-23(16-14-22)28-26-19-31(29(33)30-24-10-4-5-11-24)17-7-8-18-32(26)27(28)20-34-2;1-20-6-2-3-7-25(20)21-8-10-22(11-9-21)28-26-18-30(16-4-5-17-31(26)27(28)19-32)35(33,34)24-14-12-23(29)13-15-24;1-20-8-2-5-11-24(20)21-12-14-22(15-13-21)27-25-18-30(28(33)29-23-9-3-4-10-23)16-6-7-17-31(25)26(27)19-32/h3-4,8,11,13-14,16-17,25-27,29H,5-7,9-10,18-21H2,1-2H3;3,6,9,12-16,24,26-28H,4-5,7-8,10-11,17-20H2,1-2H3,(H,30,33);2-3,6-15,26-28,32H,4-5,16-19H2,1H3;2,5,8,11-15,23,25-27,32H,3-4,6-7,9-10,16-19H2,1H3,(H,29,33)/t26-,27-,29-;26-,27-,28-;26-,27+,28-;25-,26+,27+/m0000/s1. The number of aliphatic hydroxyl groups excluding tert-OH is 2. The average molecular weight is 1880 g/mol. The maximum atomic E-state index is 13.4. The first-order valence-electron chi connectivity index (χ1n) is 51.0. The third-order valence-corrected chi connectivity index (χ3v) is 33.8. The van der Waals surface area contributed by atoms with E-state index in [-0.39, 0.29) is 72.1 Å². The van der Waals surface area contributed by atoms with Gasteiger partial charge in [-0.2, -0.15) is 4.31 Å². The lowest BCUT2D eigenvalue weighted by Crippen LogP contribution is -2.68. The lowest BCUT2D eigenvalue weighted by Gasteiger charge is -2.57. The van der Waals surface area contributed by atoms with Crippen molar-refractivity contribution in [1.82, 2.24) is 49.2 Å². The third kappa shape index (κ3) is 22.5. The first-order valence-corrected chi connectivity index (χ1v) is 52.5. The van der Waals surface area contributed by atoms with E-state index < -0.39 is 15.8 Å². The molecular weight excluding hydrogens is 1730 g/mol. The number of rotatable bonds is 19. The van der Waals surface area contributed by atoms with Gasteiger partial charge in [0.2, 0.25) is 15.9 Å². The monoisotopic (exact) mass is 1880 g/mol. The molecule has 20 rings (SSSR count). The molecule has 0 aromatic heterocycles. The van der Waals surface area contributed by atoms with Crippen LogP contribution in [0.15, 0.2) is 223 Å². The summed E-state index contributed by atoms with van der Waals surface area (Å²) in [5, 5.41) is 27.0. The second kappa shape index (κ2) is 46.3. The van der Waals surface area contributed by atoms with Gasteiger partial charge in [0.25, 0.3) is 0 Å². The fourth-order valence-electron chi connectivity index (χ4n) is 24.2. The second-order valence-corrected chi connectivity index (χ2v) is 42.0. The van der Waals surface area contributed by atoms with E-state index in [0.717, 1.165) is 190 Å². The fraction of sp³-hybridized carbons (Fsp3) is 0.487. The number of nitrogens with zero attached hydrogens (tertiary/aromatic N) is 8. The van der Waals surface area contributed by atoms with E-state index >= 15 is 0 Å². The number of hydrogen-bond donors (Lipinski definition) is 4. The Balaban J connectivity index is 0.000000127. The molecule has 9 aromatic rings. The molecule has 22 heteroatoms. The van der Waals surface area contributed by atoms with Crippen molar-refractivity contribution in [1.29, 1.82) is 0 Å². The van der Waals surface area contributed by atoms with Crippen LogP contribution in [0.3, 0.4) is 0 Å². The highest BCUT2D eigenvalue weighted by atomic mass is 32.2. The third-order valence-electron chi connectivity index (χ3n) is 31.9. The van der Waals surface area contributed by atoms with E-state index in [0.29, 0.717) is 73.7 Å². The zero-order valence-corrected chi connectivity index (χ0v) is 82.0. The lowest BCUT2D eigenvalue weighted by molar-refractivity contribution is -0.143. The molecule has 9 aromatic carbocycles. The van der Waals surface area contributed by atoms with Gasteiger partial charge >= 0.3 is 12.1 Å². The van der Waals surface area contributed by atoms with E-state index in [1.807, 2.05) is 41.3 Å². The Bertz CT molecular complexity index is 5670. The van der Waals surface area contributed by atoms with Crippen molar-refractivity contribution in [2.75, 3.05) is 126 Å². The SMILES string of the molecule is COC[C@H]1[C@@H](c2ccc(-c3ccccc3C)cc2)[C@@H]2CN(C(=O)NC3CCCC3)CCCCN12.COC[C@H]1[C@@H](c2ccc(C#Cc3ccccc3OC)cc2)[C@@H]2CN(C(=O)C3CCC3)CCCCN12.Cc1ccccc1-c1ccc([C@@H]2[C@@H](CO)N3CCCCN(S(=O)(=O)c4ccc(F)cc4)C[C@@H]23)cc1.Cc1ccccc1-c1ccc([C@H]2[C@@H](CO)N3CCCCN(C(=O)NC4CCCC4)C[C@@H]23)cc1. The molecule has 3 aliphatic carbocycles. The topological polar surface area (TPSA) is 203 Å². The van der Waals surface area contributed by atoms with Crippen LogP contribution in [-0.4, -0.2) is 262 Å². The average Bonchev–Trinajstić information content (AvgIpc) is 1.15. The van der Waals surface area contributed by atoms with Gasteiger partial charge in [0.05, 0.1) is 44.0 Å². The number of methoxy groups -OCH3 is 3. The maximum absolute atomic E-state index is 13.4.